The van der Waals surface area contributed by atoms with Crippen molar-refractivity contribution < 1.29 is 9.94 Å². The molecular weight excluding hydrogens is 360 g/mol. The first-order valence-corrected chi connectivity index (χ1v) is 11.5. The predicted molar refractivity (Wildman–Crippen MR) is 117 cm³/mol. The molecule has 0 aliphatic heterocycles. The van der Waals surface area contributed by atoms with Gasteiger partial charge in [-0.1, -0.05) is 30.5 Å². The fraction of sp³-hybridized carbons (Fsp3) is 0.800. The van der Waals surface area contributed by atoms with Gasteiger partial charge in [-0.15, -0.1) is 6.42 Å². The normalized spacial score (nSPS) is 45.2. The standard InChI is InChI=1S/C25H38N2O2/c1-6-25(28)14-11-22-20-8-7-18-17-19(26-29-16-15-27(4)5)9-12-23(18,2)21(20)10-13-24(22,25)3/h1,17,20-22,28H,7-16H2,2-5H3/t20-,21+,22+,23+,24+,25+/m1/s1. The molecule has 0 heterocycles. The number of fused-ring (bicyclic) bond motifs is 5. The molecule has 4 nitrogen and oxygen atoms in total. The van der Waals surface area contributed by atoms with E-state index in [-0.39, 0.29) is 10.8 Å². The molecule has 0 amide bonds. The van der Waals surface area contributed by atoms with Crippen molar-refractivity contribution >= 4 is 5.71 Å². The lowest BCUT2D eigenvalue weighted by molar-refractivity contribution is -0.0987. The van der Waals surface area contributed by atoms with E-state index in [1.165, 1.54) is 19.3 Å². The number of oxime groups is 1. The number of terminal acetylenes is 1. The molecule has 29 heavy (non-hydrogen) atoms. The molecule has 0 aromatic carbocycles. The van der Waals surface area contributed by atoms with Crippen molar-refractivity contribution in [1.82, 2.24) is 4.90 Å². The zero-order valence-corrected chi connectivity index (χ0v) is 18.7. The molecule has 4 aliphatic rings. The van der Waals surface area contributed by atoms with Crippen LogP contribution in [0.3, 0.4) is 0 Å². The van der Waals surface area contributed by atoms with Gasteiger partial charge in [0.05, 0.1) is 5.71 Å². The first-order valence-electron chi connectivity index (χ1n) is 11.5. The molecule has 0 spiro atoms. The van der Waals surface area contributed by atoms with Crippen molar-refractivity contribution in [3.63, 3.8) is 0 Å². The second kappa shape index (κ2) is 7.43. The van der Waals surface area contributed by atoms with Crippen molar-refractivity contribution in [2.45, 2.75) is 70.8 Å². The van der Waals surface area contributed by atoms with Gasteiger partial charge in [-0.25, -0.2) is 0 Å². The predicted octanol–water partition coefficient (Wildman–Crippen LogP) is 4.25. The molecule has 0 unspecified atom stereocenters. The summed E-state index contributed by atoms with van der Waals surface area (Å²) in [6.45, 7) is 6.29. The molecule has 160 valence electrons. The highest BCUT2D eigenvalue weighted by Gasteiger charge is 2.63. The molecule has 0 saturated heterocycles. The van der Waals surface area contributed by atoms with E-state index >= 15 is 0 Å². The van der Waals surface area contributed by atoms with Crippen LogP contribution in [0.1, 0.15) is 65.2 Å². The summed E-state index contributed by atoms with van der Waals surface area (Å²) in [7, 11) is 4.10. The molecule has 0 bridgehead atoms. The molecule has 4 aliphatic carbocycles. The summed E-state index contributed by atoms with van der Waals surface area (Å²) in [6.07, 6.45) is 16.8. The Morgan fingerprint density at radius 2 is 1.93 bits per heavy atom. The van der Waals surface area contributed by atoms with Gasteiger partial charge in [0, 0.05) is 12.0 Å². The molecule has 0 aromatic rings. The lowest BCUT2D eigenvalue weighted by Crippen LogP contribution is -2.54. The summed E-state index contributed by atoms with van der Waals surface area (Å²) >= 11 is 0. The Hall–Kier alpha value is -1.31. The maximum absolute atomic E-state index is 11.1. The summed E-state index contributed by atoms with van der Waals surface area (Å²) in [4.78, 5) is 7.67. The smallest absolute Gasteiger partial charge is 0.130 e. The zero-order valence-electron chi connectivity index (χ0n) is 18.7. The van der Waals surface area contributed by atoms with Gasteiger partial charge in [-0.2, -0.15) is 0 Å². The lowest BCUT2D eigenvalue weighted by atomic mass is 9.46. The van der Waals surface area contributed by atoms with Gasteiger partial charge >= 0.3 is 0 Å². The van der Waals surface area contributed by atoms with E-state index in [4.69, 9.17) is 11.3 Å². The van der Waals surface area contributed by atoms with Crippen molar-refractivity contribution in [1.29, 1.82) is 0 Å². The molecule has 6 atom stereocenters. The van der Waals surface area contributed by atoms with Gasteiger partial charge in [0.15, 0.2) is 0 Å². The molecule has 3 fully saturated rings. The van der Waals surface area contributed by atoms with Crippen molar-refractivity contribution in [2.75, 3.05) is 27.2 Å². The van der Waals surface area contributed by atoms with Gasteiger partial charge < -0.3 is 14.8 Å². The minimum atomic E-state index is -0.907. The van der Waals surface area contributed by atoms with E-state index in [0.717, 1.165) is 44.4 Å². The van der Waals surface area contributed by atoms with Gasteiger partial charge in [-0.3, -0.25) is 0 Å². The van der Waals surface area contributed by atoms with Gasteiger partial charge in [0.2, 0.25) is 0 Å². The minimum Gasteiger partial charge on any atom is -0.394 e. The maximum atomic E-state index is 11.1. The fourth-order valence-corrected chi connectivity index (χ4v) is 7.25. The Balaban J connectivity index is 1.51. The average Bonchev–Trinajstić information content (AvgIpc) is 2.97. The third-order valence-electron chi connectivity index (χ3n) is 9.18. The van der Waals surface area contributed by atoms with Crippen LogP contribution >= 0.6 is 0 Å². The Kier molecular flexibility index (Phi) is 5.37. The molecule has 3 saturated carbocycles. The van der Waals surface area contributed by atoms with E-state index in [1.54, 1.807) is 5.57 Å². The van der Waals surface area contributed by atoms with Crippen LogP contribution in [-0.2, 0) is 4.84 Å². The topological polar surface area (TPSA) is 45.1 Å². The Morgan fingerprint density at radius 1 is 1.17 bits per heavy atom. The summed E-state index contributed by atoms with van der Waals surface area (Å²) in [5.74, 6) is 4.74. The second-order valence-electron chi connectivity index (χ2n) is 10.7. The van der Waals surface area contributed by atoms with E-state index < -0.39 is 5.60 Å². The van der Waals surface area contributed by atoms with E-state index in [1.807, 2.05) is 14.1 Å². The number of nitrogens with zero attached hydrogens (tertiary/aromatic N) is 2. The van der Waals surface area contributed by atoms with Crippen LogP contribution in [0.25, 0.3) is 0 Å². The lowest BCUT2D eigenvalue weighted by Gasteiger charge is -2.58. The van der Waals surface area contributed by atoms with Gasteiger partial charge in [-0.05, 0) is 94.7 Å². The third kappa shape index (κ3) is 3.26. The molecule has 0 radical (unpaired) electrons. The SMILES string of the molecule is C#C[C@]1(O)CC[C@H]2[C@@H]3CCC4=CC(=NOCCN(C)C)CC[C@]4(C)[C@H]3CC[C@@]21C. The first-order chi connectivity index (χ1) is 13.7. The van der Waals surface area contributed by atoms with Gasteiger partial charge in [0.25, 0.3) is 0 Å². The Bertz CT molecular complexity index is 750. The number of aliphatic hydroxyl groups is 1. The maximum Gasteiger partial charge on any atom is 0.130 e. The number of likely N-dealkylation sites (N-methyl/N-ethyl adjacent to an activating group) is 1. The number of rotatable bonds is 4. The molecule has 1 N–H and O–H groups in total. The Morgan fingerprint density at radius 3 is 2.66 bits per heavy atom. The van der Waals surface area contributed by atoms with E-state index in [2.05, 4.69) is 35.9 Å². The van der Waals surface area contributed by atoms with Crippen molar-refractivity contribution in [2.24, 2.45) is 33.7 Å². The summed E-state index contributed by atoms with van der Waals surface area (Å²) in [6, 6.07) is 0. The second-order valence-corrected chi connectivity index (χ2v) is 10.7. The van der Waals surface area contributed by atoms with Crippen LogP contribution in [0.15, 0.2) is 16.8 Å². The molecule has 4 rings (SSSR count). The van der Waals surface area contributed by atoms with Crippen molar-refractivity contribution in [3.05, 3.63) is 11.6 Å². The van der Waals surface area contributed by atoms with E-state index in [0.29, 0.717) is 24.4 Å². The highest BCUT2D eigenvalue weighted by Crippen LogP contribution is 2.67. The average molecular weight is 399 g/mol. The number of hydrogen-bond acceptors (Lipinski definition) is 4. The largest absolute Gasteiger partial charge is 0.394 e. The van der Waals surface area contributed by atoms with E-state index in [9.17, 15) is 5.11 Å². The minimum absolute atomic E-state index is 0.109. The zero-order chi connectivity index (χ0) is 20.9. The Labute approximate surface area is 176 Å². The summed E-state index contributed by atoms with van der Waals surface area (Å²) < 4.78 is 0. The highest BCUT2D eigenvalue weighted by atomic mass is 16.6. The third-order valence-corrected chi connectivity index (χ3v) is 9.18. The monoisotopic (exact) mass is 398 g/mol. The van der Waals surface area contributed by atoms with Crippen LogP contribution in [0.2, 0.25) is 0 Å². The number of hydrogen-bond donors (Lipinski definition) is 1. The van der Waals surface area contributed by atoms with Crippen LogP contribution in [-0.4, -0.2) is 48.6 Å². The van der Waals surface area contributed by atoms with Crippen LogP contribution < -0.4 is 0 Å². The molecule has 0 aromatic heterocycles. The highest BCUT2D eigenvalue weighted by molar-refractivity contribution is 5.96. The summed E-state index contributed by atoms with van der Waals surface area (Å²) in [5.41, 5.74) is 1.94. The fourth-order valence-electron chi connectivity index (χ4n) is 7.25. The molecule has 4 heteroatoms. The molecular formula is C25H38N2O2. The first kappa shape index (κ1) is 20.9. The quantitative estimate of drug-likeness (QED) is 0.437. The van der Waals surface area contributed by atoms with Crippen LogP contribution in [0.5, 0.6) is 0 Å². The number of allylic oxidation sites excluding steroid dienone is 2. The van der Waals surface area contributed by atoms with Gasteiger partial charge in [0.1, 0.15) is 12.2 Å². The van der Waals surface area contributed by atoms with Crippen LogP contribution in [0.4, 0.5) is 0 Å². The van der Waals surface area contributed by atoms with Crippen molar-refractivity contribution in [3.8, 4) is 12.3 Å². The van der Waals surface area contributed by atoms with Crippen LogP contribution in [0, 0.1) is 40.9 Å². The summed E-state index contributed by atoms with van der Waals surface area (Å²) in [5, 5.41) is 15.6.